The van der Waals surface area contributed by atoms with Gasteiger partial charge in [-0.25, -0.2) is 0 Å². The van der Waals surface area contributed by atoms with Crippen molar-refractivity contribution in [1.82, 2.24) is 15.0 Å². The molecule has 0 spiro atoms. The van der Waals surface area contributed by atoms with Gasteiger partial charge in [-0.15, -0.1) is 94.5 Å². The van der Waals surface area contributed by atoms with E-state index in [1.54, 1.807) is 36.5 Å². The summed E-state index contributed by atoms with van der Waals surface area (Å²) in [5, 5.41) is 10.1. The van der Waals surface area contributed by atoms with Crippen LogP contribution >= 0.6 is 0 Å². The molecule has 0 aliphatic heterocycles. The second-order valence-corrected chi connectivity index (χ2v) is 15.2. The molecule has 3 heterocycles. The minimum Gasteiger partial charge on any atom is -0.305 e. The van der Waals surface area contributed by atoms with E-state index in [1.165, 1.54) is 18.5 Å². The van der Waals surface area contributed by atoms with Crippen LogP contribution in [-0.2, 0) is 45.8 Å². The van der Waals surface area contributed by atoms with Crippen LogP contribution in [0.2, 0.25) is 0 Å². The summed E-state index contributed by atoms with van der Waals surface area (Å²) in [4.78, 5) is 13.4. The SMILES string of the molecule is [2H]c1ccc(-c2[c-]cc(CCc3cc(CCc4c[c-]c(-c5ccc(C([2H])([2H])[2H])cn5)cc4)cc(-c4ccccc4-c4c[c-]c(-c5ccccn5)cc4-c4cc(C#N)cc(C([2H])([2H])[2H])c4)c3)cc2)nc1.[Ir+3]. The van der Waals surface area contributed by atoms with Crippen LogP contribution in [-0.4, -0.2) is 15.0 Å². The molecule has 0 fully saturated rings. The van der Waals surface area contributed by atoms with E-state index in [0.717, 1.165) is 98.1 Å². The molecule has 3 aromatic heterocycles. The van der Waals surface area contributed by atoms with Gasteiger partial charge in [0.1, 0.15) is 0 Å². The minimum atomic E-state index is -2.43. The molecule has 9 aromatic rings. The third kappa shape index (κ3) is 10.2. The van der Waals surface area contributed by atoms with Gasteiger partial charge in [0.05, 0.1) is 13.0 Å². The van der Waals surface area contributed by atoms with Crippen LogP contribution in [0.4, 0.5) is 0 Å². The maximum atomic E-state index is 10.1. The van der Waals surface area contributed by atoms with Crippen LogP contribution in [0.15, 0.2) is 176 Å². The molecule has 6 aromatic carbocycles. The van der Waals surface area contributed by atoms with Gasteiger partial charge < -0.3 is 15.0 Å². The van der Waals surface area contributed by atoms with E-state index in [1.807, 2.05) is 72.8 Å². The molecule has 0 amide bonds. The molecule has 0 unspecified atom stereocenters. The van der Waals surface area contributed by atoms with Gasteiger partial charge in [-0.3, -0.25) is 0 Å². The third-order valence-electron chi connectivity index (χ3n) is 10.9. The van der Waals surface area contributed by atoms with E-state index in [-0.39, 0.29) is 36.8 Å². The van der Waals surface area contributed by atoms with Gasteiger partial charge in [-0.2, -0.15) is 5.26 Å². The summed E-state index contributed by atoms with van der Waals surface area (Å²) in [6, 6.07) is 61.1. The minimum absolute atomic E-state index is 0. The van der Waals surface area contributed by atoms with Crippen molar-refractivity contribution in [3.8, 4) is 73.2 Å². The monoisotopic (exact) mass is 995 g/mol. The van der Waals surface area contributed by atoms with Crippen LogP contribution in [0, 0.1) is 43.2 Å². The Hall–Kier alpha value is -7.09. The summed E-state index contributed by atoms with van der Waals surface area (Å²) >= 11 is 0. The number of aryl methyl sites for hydroxylation is 6. The van der Waals surface area contributed by atoms with Crippen molar-refractivity contribution in [2.45, 2.75) is 39.4 Å². The van der Waals surface area contributed by atoms with Gasteiger partial charge in [-0.05, 0) is 107 Å². The quantitative estimate of drug-likeness (QED) is 0.114. The first-order chi connectivity index (χ1) is 33.3. The summed E-state index contributed by atoms with van der Waals surface area (Å²) in [5.41, 5.74) is 14.7. The van der Waals surface area contributed by atoms with Crippen LogP contribution in [0.1, 0.15) is 48.5 Å². The van der Waals surface area contributed by atoms with E-state index >= 15 is 0 Å². The Balaban J connectivity index is 0.00000659. The van der Waals surface area contributed by atoms with Gasteiger partial charge in [0.25, 0.3) is 0 Å². The van der Waals surface area contributed by atoms with Crippen LogP contribution in [0.3, 0.4) is 0 Å². The van der Waals surface area contributed by atoms with Crippen molar-refractivity contribution < 1.29 is 29.7 Å². The van der Waals surface area contributed by atoms with Crippen molar-refractivity contribution in [2.75, 3.05) is 0 Å². The van der Waals surface area contributed by atoms with Crippen molar-refractivity contribution in [2.24, 2.45) is 0 Å². The predicted molar refractivity (Wildman–Crippen MR) is 251 cm³/mol. The average Bonchev–Trinajstić information content (AvgIpc) is 3.37. The Morgan fingerprint density at radius 1 is 0.508 bits per heavy atom. The number of aromatic nitrogens is 3. The maximum Gasteiger partial charge on any atom is 3.00 e. The Kier molecular flexibility index (Phi) is 10.8. The zero-order chi connectivity index (χ0) is 48.1. The van der Waals surface area contributed by atoms with Gasteiger partial charge in [0.2, 0.25) is 0 Å². The Morgan fingerprint density at radius 2 is 1.14 bits per heavy atom. The molecule has 0 bridgehead atoms. The largest absolute Gasteiger partial charge is 3.00 e. The van der Waals surface area contributed by atoms with Crippen LogP contribution < -0.4 is 0 Å². The first kappa shape index (κ1) is 34.5. The molecule has 9 rings (SSSR count). The molecule has 0 N–H and O–H groups in total. The van der Waals surface area contributed by atoms with Crippen molar-refractivity contribution in [1.29, 1.82) is 5.26 Å². The molecule has 0 atom stereocenters. The Labute approximate surface area is 394 Å². The normalized spacial score (nSPS) is 12.8. The molecule has 304 valence electrons. The first-order valence-electron chi connectivity index (χ1n) is 23.9. The number of hydrogen-bond acceptors (Lipinski definition) is 4. The second-order valence-electron chi connectivity index (χ2n) is 15.2. The van der Waals surface area contributed by atoms with E-state index in [9.17, 15) is 5.26 Å². The first-order valence-corrected chi connectivity index (χ1v) is 20.4. The molecular weight excluding hydrogens is 945 g/mol. The summed E-state index contributed by atoms with van der Waals surface area (Å²) < 4.78 is 55.6. The van der Waals surface area contributed by atoms with Gasteiger partial charge in [0.15, 0.2) is 0 Å². The van der Waals surface area contributed by atoms with E-state index in [2.05, 4.69) is 81.7 Å². The molecule has 0 radical (unpaired) electrons. The molecule has 0 saturated carbocycles. The molecule has 4 nitrogen and oxygen atoms in total. The third-order valence-corrected chi connectivity index (χ3v) is 10.9. The van der Waals surface area contributed by atoms with Gasteiger partial charge in [-0.1, -0.05) is 114 Å². The standard InChI is InChI=1S/C58H43N4.Ir/c1-40-13-28-58(62-39-40)48-24-20-43(21-25-48)15-17-45-33-44(16-14-42-18-22-47(23-19-42)56-11-5-7-29-60-56)34-51(35-45)52-9-3-4-10-53(52)54-27-26-49(57-12-6-8-30-61-57)37-55(54)50-32-41(2)31-46(36-50)38-59;/h3-13,18-22,24,27-37,39H,14-17H2,1-2H3;/q-3;+3/i1D3,2D3,7D;. The molecule has 5 heteroatoms. The molecular formula is C58H43IrN4. The fraction of sp³-hybridized carbons (Fsp3) is 0.103. The van der Waals surface area contributed by atoms with Crippen molar-refractivity contribution in [3.63, 3.8) is 0 Å². The van der Waals surface area contributed by atoms with Crippen molar-refractivity contribution >= 4 is 0 Å². The average molecular weight is 995 g/mol. The number of pyridine rings is 3. The smallest absolute Gasteiger partial charge is 0.305 e. The summed E-state index contributed by atoms with van der Waals surface area (Å²) in [5.74, 6) is 0. The Bertz CT molecular complexity index is 3290. The fourth-order valence-corrected chi connectivity index (χ4v) is 7.80. The zero-order valence-corrected chi connectivity index (χ0v) is 36.5. The number of nitrogens with zero attached hydrogens (tertiary/aromatic N) is 4. The summed E-state index contributed by atoms with van der Waals surface area (Å²) in [7, 11) is 0. The van der Waals surface area contributed by atoms with Crippen LogP contribution in [0.5, 0.6) is 0 Å². The molecule has 0 aliphatic rings. The number of benzene rings is 6. The van der Waals surface area contributed by atoms with E-state index in [4.69, 9.17) is 9.60 Å². The summed E-state index contributed by atoms with van der Waals surface area (Å²) in [6.07, 6.45) is 7.67. The molecule has 0 aliphatic carbocycles. The van der Waals surface area contributed by atoms with Crippen LogP contribution in [0.25, 0.3) is 67.2 Å². The Morgan fingerprint density at radius 3 is 1.76 bits per heavy atom. The molecule has 0 saturated heterocycles. The number of rotatable bonds is 12. The molecule has 63 heavy (non-hydrogen) atoms. The van der Waals surface area contributed by atoms with Crippen molar-refractivity contribution in [3.05, 3.63) is 233 Å². The zero-order valence-electron chi connectivity index (χ0n) is 41.1. The maximum absolute atomic E-state index is 10.1. The number of hydrogen-bond donors (Lipinski definition) is 0. The fourth-order valence-electron chi connectivity index (χ4n) is 7.80. The van der Waals surface area contributed by atoms with Gasteiger partial charge in [0, 0.05) is 26.8 Å². The van der Waals surface area contributed by atoms with E-state index < -0.39 is 13.7 Å². The summed E-state index contributed by atoms with van der Waals surface area (Å²) in [6.45, 7) is -4.65. The topological polar surface area (TPSA) is 62.5 Å². The predicted octanol–water partition coefficient (Wildman–Crippen LogP) is 13.3. The second kappa shape index (κ2) is 19.7. The van der Waals surface area contributed by atoms with E-state index in [0.29, 0.717) is 23.0 Å². The van der Waals surface area contributed by atoms with Gasteiger partial charge >= 0.3 is 20.1 Å². The number of nitriles is 1.